The lowest BCUT2D eigenvalue weighted by atomic mass is 10.0. The minimum atomic E-state index is -0.382. The van der Waals surface area contributed by atoms with Gasteiger partial charge < -0.3 is 19.7 Å². The van der Waals surface area contributed by atoms with Crippen LogP contribution in [-0.2, 0) is 9.47 Å². The molecule has 1 spiro atoms. The van der Waals surface area contributed by atoms with Crippen LogP contribution in [0.3, 0.4) is 0 Å². The van der Waals surface area contributed by atoms with Gasteiger partial charge in [-0.1, -0.05) is 12.1 Å². The number of hydrogen-bond donors (Lipinski definition) is 1. The minimum absolute atomic E-state index is 0.382. The number of nitrogens with zero attached hydrogens (tertiary/aromatic N) is 4. The molecule has 2 aromatic rings. The Balaban J connectivity index is 1.46. The molecule has 8 heteroatoms. The fraction of sp³-hybridized carbons (Fsp3) is 0.438. The number of nitrogens with one attached hydrogen (secondary N) is 1. The molecule has 24 heavy (non-hydrogen) atoms. The number of anilines is 3. The Hall–Kier alpha value is -1.77. The van der Waals surface area contributed by atoms with Crippen molar-refractivity contribution in [2.45, 2.75) is 18.6 Å². The molecule has 3 heterocycles. The van der Waals surface area contributed by atoms with E-state index in [0.717, 1.165) is 41.9 Å². The fourth-order valence-corrected chi connectivity index (χ4v) is 3.43. The van der Waals surface area contributed by atoms with Crippen LogP contribution in [0.25, 0.3) is 0 Å². The van der Waals surface area contributed by atoms with Crippen molar-refractivity contribution in [1.29, 1.82) is 0 Å². The Bertz CT molecular complexity index is 713. The first-order chi connectivity index (χ1) is 11.7. The molecule has 0 atom stereocenters. The second kappa shape index (κ2) is 6.62. The molecule has 126 valence electrons. The average molecular weight is 392 g/mol. The lowest BCUT2D eigenvalue weighted by Crippen LogP contribution is -2.45. The largest absolute Gasteiger partial charge is 0.355 e. The highest BCUT2D eigenvalue weighted by Gasteiger charge is 2.40. The van der Waals surface area contributed by atoms with Crippen LogP contribution >= 0.6 is 15.9 Å². The number of para-hydroxylation sites is 1. The normalized spacial score (nSPS) is 19.6. The molecule has 0 bridgehead atoms. The molecule has 1 aromatic heterocycles. The highest BCUT2D eigenvalue weighted by atomic mass is 79.9. The van der Waals surface area contributed by atoms with Gasteiger partial charge in [0, 0.05) is 30.4 Å². The summed E-state index contributed by atoms with van der Waals surface area (Å²) in [7, 11) is 0. The highest BCUT2D eigenvalue weighted by Crippen LogP contribution is 2.32. The average Bonchev–Trinajstić information content (AvgIpc) is 3.06. The first kappa shape index (κ1) is 15.7. The van der Waals surface area contributed by atoms with E-state index in [0.29, 0.717) is 19.2 Å². The lowest BCUT2D eigenvalue weighted by Gasteiger charge is -2.37. The summed E-state index contributed by atoms with van der Waals surface area (Å²) >= 11 is 3.51. The van der Waals surface area contributed by atoms with Crippen LogP contribution in [0.4, 0.5) is 17.5 Å². The van der Waals surface area contributed by atoms with E-state index in [9.17, 15) is 0 Å². The van der Waals surface area contributed by atoms with Crippen molar-refractivity contribution in [3.8, 4) is 0 Å². The number of piperidine rings is 1. The number of ether oxygens (including phenoxy) is 2. The van der Waals surface area contributed by atoms with Crippen LogP contribution in [0.5, 0.6) is 0 Å². The third-order valence-electron chi connectivity index (χ3n) is 4.33. The molecule has 0 amide bonds. The third-order valence-corrected chi connectivity index (χ3v) is 5.02. The van der Waals surface area contributed by atoms with Gasteiger partial charge in [-0.25, -0.2) is 0 Å². The first-order valence-electron chi connectivity index (χ1n) is 7.98. The molecule has 2 aliphatic heterocycles. The number of rotatable bonds is 3. The first-order valence-corrected chi connectivity index (χ1v) is 8.78. The zero-order valence-electron chi connectivity index (χ0n) is 13.1. The van der Waals surface area contributed by atoms with E-state index in [1.807, 2.05) is 24.3 Å². The van der Waals surface area contributed by atoms with Crippen molar-refractivity contribution in [1.82, 2.24) is 15.2 Å². The summed E-state index contributed by atoms with van der Waals surface area (Å²) in [5.74, 6) is 0.910. The van der Waals surface area contributed by atoms with Gasteiger partial charge in [-0.2, -0.15) is 10.1 Å². The molecular weight excluding hydrogens is 374 g/mol. The zero-order valence-corrected chi connectivity index (χ0v) is 14.7. The number of benzene rings is 1. The van der Waals surface area contributed by atoms with Gasteiger partial charge in [0.15, 0.2) is 11.6 Å². The number of aromatic nitrogens is 3. The van der Waals surface area contributed by atoms with E-state index in [2.05, 4.69) is 41.3 Å². The Morgan fingerprint density at radius 1 is 1.12 bits per heavy atom. The maximum Gasteiger partial charge on any atom is 0.249 e. The number of halogens is 1. The Morgan fingerprint density at radius 2 is 1.88 bits per heavy atom. The molecule has 2 saturated heterocycles. The van der Waals surface area contributed by atoms with Gasteiger partial charge in [0.2, 0.25) is 5.95 Å². The van der Waals surface area contributed by atoms with Gasteiger partial charge in [0.1, 0.15) is 0 Å². The molecule has 0 unspecified atom stereocenters. The molecule has 7 nitrogen and oxygen atoms in total. The predicted octanol–water partition coefficient (Wildman–Crippen LogP) is 2.72. The van der Waals surface area contributed by atoms with E-state index >= 15 is 0 Å². The van der Waals surface area contributed by atoms with E-state index < -0.39 is 0 Å². The molecule has 1 aromatic carbocycles. The van der Waals surface area contributed by atoms with Crippen LogP contribution in [0.2, 0.25) is 0 Å². The van der Waals surface area contributed by atoms with Crippen molar-refractivity contribution in [2.75, 3.05) is 36.5 Å². The summed E-state index contributed by atoms with van der Waals surface area (Å²) in [6.45, 7) is 3.03. The van der Waals surface area contributed by atoms with Gasteiger partial charge in [-0.05, 0) is 28.1 Å². The molecule has 0 aliphatic carbocycles. The van der Waals surface area contributed by atoms with Crippen molar-refractivity contribution in [3.63, 3.8) is 0 Å². The van der Waals surface area contributed by atoms with Gasteiger partial charge in [0.05, 0.1) is 25.1 Å². The minimum Gasteiger partial charge on any atom is -0.355 e. The van der Waals surface area contributed by atoms with Crippen molar-refractivity contribution in [2.24, 2.45) is 0 Å². The van der Waals surface area contributed by atoms with E-state index in [-0.39, 0.29) is 5.79 Å². The third kappa shape index (κ3) is 3.22. The molecule has 4 rings (SSSR count). The Labute approximate surface area is 148 Å². The van der Waals surface area contributed by atoms with E-state index in [1.165, 1.54) is 0 Å². The second-order valence-corrected chi connectivity index (χ2v) is 6.69. The molecule has 0 radical (unpaired) electrons. The Kier molecular flexibility index (Phi) is 4.34. The Morgan fingerprint density at radius 3 is 2.62 bits per heavy atom. The van der Waals surface area contributed by atoms with Crippen LogP contribution < -0.4 is 10.2 Å². The van der Waals surface area contributed by atoms with Crippen LogP contribution in [0.1, 0.15) is 12.8 Å². The fourth-order valence-electron chi connectivity index (χ4n) is 3.05. The summed E-state index contributed by atoms with van der Waals surface area (Å²) < 4.78 is 12.5. The standard InChI is InChI=1S/C16H18BrN5O2/c17-12-3-1-2-4-13(12)19-15-20-14(11-18-21-15)22-7-5-16(6-8-22)23-9-10-24-16/h1-4,11H,5-10H2,(H,19,20,21). The maximum atomic E-state index is 5.77. The van der Waals surface area contributed by atoms with E-state index in [4.69, 9.17) is 9.47 Å². The maximum absolute atomic E-state index is 5.77. The van der Waals surface area contributed by atoms with Gasteiger partial charge in [-0.3, -0.25) is 0 Å². The smallest absolute Gasteiger partial charge is 0.249 e. The van der Waals surface area contributed by atoms with Gasteiger partial charge in [-0.15, -0.1) is 5.10 Å². The predicted molar refractivity (Wildman–Crippen MR) is 93.3 cm³/mol. The van der Waals surface area contributed by atoms with Crippen molar-refractivity contribution < 1.29 is 9.47 Å². The monoisotopic (exact) mass is 391 g/mol. The summed E-state index contributed by atoms with van der Waals surface area (Å²) in [5.41, 5.74) is 0.904. The summed E-state index contributed by atoms with van der Waals surface area (Å²) in [6, 6.07) is 7.84. The van der Waals surface area contributed by atoms with Crippen LogP contribution in [-0.4, -0.2) is 47.3 Å². The zero-order chi connectivity index (χ0) is 16.4. The molecule has 1 N–H and O–H groups in total. The number of hydrogen-bond acceptors (Lipinski definition) is 7. The van der Waals surface area contributed by atoms with Gasteiger partial charge in [0.25, 0.3) is 0 Å². The summed E-state index contributed by atoms with van der Waals surface area (Å²) in [5, 5.41) is 11.3. The topological polar surface area (TPSA) is 72.4 Å². The second-order valence-electron chi connectivity index (χ2n) is 5.84. The molecule has 0 saturated carbocycles. The summed E-state index contributed by atoms with van der Waals surface area (Å²) in [4.78, 5) is 6.78. The van der Waals surface area contributed by atoms with Gasteiger partial charge >= 0.3 is 0 Å². The van der Waals surface area contributed by atoms with Crippen LogP contribution in [0, 0.1) is 0 Å². The SMILES string of the molecule is Brc1ccccc1Nc1nncc(N2CCC3(CC2)OCCO3)n1. The lowest BCUT2D eigenvalue weighted by molar-refractivity contribution is -0.169. The quantitative estimate of drug-likeness (QED) is 0.861. The van der Waals surface area contributed by atoms with E-state index in [1.54, 1.807) is 6.20 Å². The van der Waals surface area contributed by atoms with Crippen LogP contribution in [0.15, 0.2) is 34.9 Å². The molecular formula is C16H18BrN5O2. The highest BCUT2D eigenvalue weighted by molar-refractivity contribution is 9.10. The van der Waals surface area contributed by atoms with Crippen molar-refractivity contribution in [3.05, 3.63) is 34.9 Å². The summed E-state index contributed by atoms with van der Waals surface area (Å²) in [6.07, 6.45) is 3.37. The van der Waals surface area contributed by atoms with Crippen molar-refractivity contribution >= 4 is 33.4 Å². The molecule has 2 fully saturated rings. The molecule has 2 aliphatic rings.